The Morgan fingerprint density at radius 1 is 1.06 bits per heavy atom. The first kappa shape index (κ1) is 23.7. The SMILES string of the molecule is COc1ccc(S(=O)(=O)N(CC(=O)NCCCSCc2ccco2)c2ccccc2)cc1. The van der Waals surface area contributed by atoms with Gasteiger partial charge in [-0.25, -0.2) is 8.42 Å². The molecule has 0 bridgehead atoms. The van der Waals surface area contributed by atoms with Crippen LogP contribution in [0.15, 0.2) is 82.3 Å². The van der Waals surface area contributed by atoms with Crippen LogP contribution in [0.1, 0.15) is 12.2 Å². The molecule has 9 heteroatoms. The quantitative estimate of drug-likeness (QED) is 0.400. The molecule has 1 amide bonds. The Bertz CT molecular complexity index is 1070. The Hall–Kier alpha value is -2.91. The Morgan fingerprint density at radius 2 is 1.81 bits per heavy atom. The summed E-state index contributed by atoms with van der Waals surface area (Å²) < 4.78 is 38.1. The van der Waals surface area contributed by atoms with Crippen LogP contribution >= 0.6 is 11.8 Å². The predicted octanol–water partition coefficient (Wildman–Crippen LogP) is 3.92. The van der Waals surface area contributed by atoms with Crippen molar-refractivity contribution in [3.8, 4) is 5.75 Å². The lowest BCUT2D eigenvalue weighted by Gasteiger charge is -2.24. The maximum Gasteiger partial charge on any atom is 0.264 e. The fraction of sp³-hybridized carbons (Fsp3) is 0.261. The highest BCUT2D eigenvalue weighted by Crippen LogP contribution is 2.24. The number of anilines is 1. The first-order valence-electron chi connectivity index (χ1n) is 10.1. The normalized spacial score (nSPS) is 11.2. The number of hydrogen-bond donors (Lipinski definition) is 1. The van der Waals surface area contributed by atoms with E-state index < -0.39 is 10.0 Å². The van der Waals surface area contributed by atoms with Crippen LogP contribution in [-0.2, 0) is 20.6 Å². The van der Waals surface area contributed by atoms with Crippen molar-refractivity contribution in [2.45, 2.75) is 17.1 Å². The molecule has 0 fully saturated rings. The molecule has 1 N–H and O–H groups in total. The van der Waals surface area contributed by atoms with E-state index in [2.05, 4.69) is 5.32 Å². The number of amides is 1. The maximum absolute atomic E-state index is 13.3. The van der Waals surface area contributed by atoms with Gasteiger partial charge >= 0.3 is 0 Å². The van der Waals surface area contributed by atoms with E-state index in [9.17, 15) is 13.2 Å². The maximum atomic E-state index is 13.3. The molecule has 1 heterocycles. The number of rotatable bonds is 12. The summed E-state index contributed by atoms with van der Waals surface area (Å²) in [7, 11) is -2.42. The minimum absolute atomic E-state index is 0.0873. The summed E-state index contributed by atoms with van der Waals surface area (Å²) in [6.45, 7) is 0.160. The number of furan rings is 1. The second-order valence-corrected chi connectivity index (χ2v) is 9.83. The Labute approximate surface area is 192 Å². The largest absolute Gasteiger partial charge is 0.497 e. The summed E-state index contributed by atoms with van der Waals surface area (Å²) in [4.78, 5) is 12.7. The molecule has 0 aliphatic heterocycles. The molecule has 170 valence electrons. The van der Waals surface area contributed by atoms with Gasteiger partial charge in [0, 0.05) is 6.54 Å². The van der Waals surface area contributed by atoms with Crippen LogP contribution in [-0.4, -0.2) is 40.3 Å². The molecule has 7 nitrogen and oxygen atoms in total. The molecule has 1 aromatic heterocycles. The first-order chi connectivity index (χ1) is 15.5. The number of carbonyl (C=O) groups excluding carboxylic acids is 1. The number of carbonyl (C=O) groups is 1. The second-order valence-electron chi connectivity index (χ2n) is 6.86. The van der Waals surface area contributed by atoms with Gasteiger partial charge in [0.05, 0.1) is 29.7 Å². The number of hydrogen-bond acceptors (Lipinski definition) is 6. The molecule has 0 radical (unpaired) electrons. The van der Waals surface area contributed by atoms with Crippen LogP contribution in [0.2, 0.25) is 0 Å². The van der Waals surface area contributed by atoms with Gasteiger partial charge in [0.1, 0.15) is 18.1 Å². The molecule has 0 saturated carbocycles. The van der Waals surface area contributed by atoms with E-state index in [1.807, 2.05) is 12.1 Å². The van der Waals surface area contributed by atoms with Crippen molar-refractivity contribution in [2.75, 3.05) is 30.3 Å². The Morgan fingerprint density at radius 3 is 2.47 bits per heavy atom. The van der Waals surface area contributed by atoms with E-state index in [0.29, 0.717) is 18.0 Å². The highest BCUT2D eigenvalue weighted by molar-refractivity contribution is 7.98. The molecule has 0 spiro atoms. The summed E-state index contributed by atoms with van der Waals surface area (Å²) in [5.74, 6) is 2.75. The summed E-state index contributed by atoms with van der Waals surface area (Å²) in [5, 5.41) is 2.82. The van der Waals surface area contributed by atoms with E-state index in [1.54, 1.807) is 60.5 Å². The standard InChI is InChI=1S/C23H26N2O5S2/c1-29-20-10-12-22(13-11-20)32(27,28)25(19-7-3-2-4-8-19)17-23(26)24-14-6-16-31-18-21-9-5-15-30-21/h2-5,7-13,15H,6,14,16-18H2,1H3,(H,24,26). The second kappa shape index (κ2) is 11.6. The molecule has 0 atom stereocenters. The monoisotopic (exact) mass is 474 g/mol. The summed E-state index contributed by atoms with van der Waals surface area (Å²) in [6, 6.07) is 18.5. The lowest BCUT2D eigenvalue weighted by Crippen LogP contribution is -2.41. The van der Waals surface area contributed by atoms with Crippen LogP contribution in [0.25, 0.3) is 0 Å². The fourth-order valence-corrected chi connectivity index (χ4v) is 5.22. The van der Waals surface area contributed by atoms with Crippen molar-refractivity contribution in [1.29, 1.82) is 0 Å². The number of nitrogens with one attached hydrogen (secondary N) is 1. The molecule has 3 rings (SSSR count). The van der Waals surface area contributed by atoms with Crippen LogP contribution in [0, 0.1) is 0 Å². The molecule has 0 aliphatic carbocycles. The lowest BCUT2D eigenvalue weighted by atomic mass is 10.3. The highest BCUT2D eigenvalue weighted by Gasteiger charge is 2.27. The van der Waals surface area contributed by atoms with Crippen molar-refractivity contribution < 1.29 is 22.4 Å². The van der Waals surface area contributed by atoms with Crippen molar-refractivity contribution in [3.63, 3.8) is 0 Å². The van der Waals surface area contributed by atoms with Gasteiger partial charge in [-0.05, 0) is 60.7 Å². The molecular weight excluding hydrogens is 448 g/mol. The molecule has 0 saturated heterocycles. The number of methoxy groups -OCH3 is 1. The van der Waals surface area contributed by atoms with Crippen molar-refractivity contribution in [3.05, 3.63) is 78.8 Å². The van der Waals surface area contributed by atoms with Crippen LogP contribution in [0.4, 0.5) is 5.69 Å². The topological polar surface area (TPSA) is 88.9 Å². The van der Waals surface area contributed by atoms with Gasteiger partial charge in [0.25, 0.3) is 10.0 Å². The average molecular weight is 475 g/mol. The number of sulfonamides is 1. The number of ether oxygens (including phenoxy) is 1. The van der Waals surface area contributed by atoms with Crippen molar-refractivity contribution in [2.24, 2.45) is 0 Å². The Balaban J connectivity index is 1.59. The molecule has 32 heavy (non-hydrogen) atoms. The molecule has 0 aliphatic rings. The first-order valence-corrected chi connectivity index (χ1v) is 12.7. The number of nitrogens with zero attached hydrogens (tertiary/aromatic N) is 1. The van der Waals surface area contributed by atoms with Gasteiger partial charge in [-0.15, -0.1) is 0 Å². The fourth-order valence-electron chi connectivity index (χ4n) is 2.94. The Kier molecular flexibility index (Phi) is 8.64. The molecule has 0 unspecified atom stereocenters. The third kappa shape index (κ3) is 6.54. The lowest BCUT2D eigenvalue weighted by molar-refractivity contribution is -0.119. The average Bonchev–Trinajstić information content (AvgIpc) is 3.34. The van der Waals surface area contributed by atoms with Gasteiger partial charge in [0.2, 0.25) is 5.91 Å². The minimum Gasteiger partial charge on any atom is -0.497 e. The van der Waals surface area contributed by atoms with E-state index in [1.165, 1.54) is 19.2 Å². The van der Waals surface area contributed by atoms with Crippen LogP contribution in [0.3, 0.4) is 0 Å². The van der Waals surface area contributed by atoms with E-state index in [4.69, 9.17) is 9.15 Å². The van der Waals surface area contributed by atoms with E-state index in [0.717, 1.165) is 28.0 Å². The summed E-state index contributed by atoms with van der Waals surface area (Å²) >= 11 is 1.72. The predicted molar refractivity (Wildman–Crippen MR) is 126 cm³/mol. The van der Waals surface area contributed by atoms with Gasteiger partial charge in [-0.2, -0.15) is 11.8 Å². The van der Waals surface area contributed by atoms with Crippen LogP contribution < -0.4 is 14.4 Å². The molecular formula is C23H26N2O5S2. The summed E-state index contributed by atoms with van der Waals surface area (Å²) in [6.07, 6.45) is 2.42. The number of para-hydroxylation sites is 1. The molecule has 2 aromatic carbocycles. The molecule has 3 aromatic rings. The van der Waals surface area contributed by atoms with Crippen molar-refractivity contribution >= 4 is 33.4 Å². The van der Waals surface area contributed by atoms with Gasteiger partial charge < -0.3 is 14.5 Å². The minimum atomic E-state index is -3.94. The van der Waals surface area contributed by atoms with Crippen molar-refractivity contribution in [1.82, 2.24) is 5.32 Å². The zero-order chi connectivity index (χ0) is 22.8. The highest BCUT2D eigenvalue weighted by atomic mass is 32.2. The van der Waals surface area contributed by atoms with E-state index in [-0.39, 0.29) is 17.3 Å². The zero-order valence-corrected chi connectivity index (χ0v) is 19.4. The number of benzene rings is 2. The van der Waals surface area contributed by atoms with Gasteiger partial charge in [-0.1, -0.05) is 18.2 Å². The van der Waals surface area contributed by atoms with Crippen LogP contribution in [0.5, 0.6) is 5.75 Å². The third-order valence-corrected chi connectivity index (χ3v) is 7.44. The summed E-state index contributed by atoms with van der Waals surface area (Å²) in [5.41, 5.74) is 0.424. The van der Waals surface area contributed by atoms with Gasteiger partial charge in [0.15, 0.2) is 0 Å². The van der Waals surface area contributed by atoms with E-state index >= 15 is 0 Å². The van der Waals surface area contributed by atoms with Gasteiger partial charge in [-0.3, -0.25) is 9.10 Å². The zero-order valence-electron chi connectivity index (χ0n) is 17.8. The number of thioether (sulfide) groups is 1. The third-order valence-electron chi connectivity index (χ3n) is 4.59. The smallest absolute Gasteiger partial charge is 0.264 e.